The first kappa shape index (κ1) is 16.8. The summed E-state index contributed by atoms with van der Waals surface area (Å²) < 4.78 is 12.5. The fraction of sp³-hybridized carbons (Fsp3) is 0.294. The van der Waals surface area contributed by atoms with Gasteiger partial charge in [0.15, 0.2) is 0 Å². The summed E-state index contributed by atoms with van der Waals surface area (Å²) >= 11 is 0. The fourth-order valence-corrected chi connectivity index (χ4v) is 2.36. The third-order valence-electron chi connectivity index (χ3n) is 3.73. The summed E-state index contributed by atoms with van der Waals surface area (Å²) in [6.07, 6.45) is 1.41. The number of nitrogens with zero attached hydrogens (tertiary/aromatic N) is 4. The number of ether oxygens (including phenoxy) is 1. The van der Waals surface area contributed by atoms with Gasteiger partial charge in [-0.3, -0.25) is 4.79 Å². The highest BCUT2D eigenvalue weighted by molar-refractivity contribution is 5.92. The molecule has 3 aromatic rings. The molecule has 0 aliphatic carbocycles. The number of carbonyl (C=O) groups is 1. The Morgan fingerprint density at radius 2 is 2.16 bits per heavy atom. The Bertz CT molecular complexity index is 828. The van der Waals surface area contributed by atoms with Crippen LogP contribution in [-0.4, -0.2) is 32.8 Å². The molecular formula is C17H19N5O3. The van der Waals surface area contributed by atoms with E-state index in [-0.39, 0.29) is 24.5 Å². The second-order valence-corrected chi connectivity index (χ2v) is 5.38. The molecule has 0 aliphatic heterocycles. The summed E-state index contributed by atoms with van der Waals surface area (Å²) in [5.74, 6) is -0.251. The lowest BCUT2D eigenvalue weighted by molar-refractivity contribution is 0.0413. The number of amides is 1. The lowest BCUT2D eigenvalue weighted by Crippen LogP contribution is -2.26. The van der Waals surface area contributed by atoms with Gasteiger partial charge in [-0.15, -0.1) is 5.10 Å². The van der Waals surface area contributed by atoms with Crippen LogP contribution in [0.2, 0.25) is 0 Å². The lowest BCUT2D eigenvalue weighted by Gasteiger charge is -2.13. The normalized spacial score (nSPS) is 12.1. The molecule has 1 atom stereocenters. The SMILES string of the molecule is CCn1nncc1[C@H](C)OCNC(=O)c1cc(-c2ccccc2)no1. The molecule has 1 amide bonds. The largest absolute Gasteiger partial charge is 0.352 e. The van der Waals surface area contributed by atoms with Crippen LogP contribution >= 0.6 is 0 Å². The third kappa shape index (κ3) is 3.92. The average Bonchev–Trinajstić information content (AvgIpc) is 3.31. The highest BCUT2D eigenvalue weighted by Gasteiger charge is 2.16. The third-order valence-corrected chi connectivity index (χ3v) is 3.73. The van der Waals surface area contributed by atoms with Gasteiger partial charge in [0.25, 0.3) is 5.91 Å². The van der Waals surface area contributed by atoms with Gasteiger partial charge in [-0.1, -0.05) is 40.7 Å². The molecule has 8 heteroatoms. The molecule has 0 unspecified atom stereocenters. The Morgan fingerprint density at radius 1 is 1.36 bits per heavy atom. The van der Waals surface area contributed by atoms with Crippen molar-refractivity contribution in [2.75, 3.05) is 6.73 Å². The van der Waals surface area contributed by atoms with Crippen molar-refractivity contribution in [2.24, 2.45) is 0 Å². The predicted molar refractivity (Wildman–Crippen MR) is 89.5 cm³/mol. The van der Waals surface area contributed by atoms with Gasteiger partial charge >= 0.3 is 0 Å². The van der Waals surface area contributed by atoms with E-state index in [1.807, 2.05) is 44.2 Å². The highest BCUT2D eigenvalue weighted by Crippen LogP contribution is 2.18. The molecule has 0 spiro atoms. The fourth-order valence-electron chi connectivity index (χ4n) is 2.36. The first-order valence-corrected chi connectivity index (χ1v) is 7.99. The molecule has 2 heterocycles. The summed E-state index contributed by atoms with van der Waals surface area (Å²) in [5, 5.41) is 14.4. The zero-order chi connectivity index (χ0) is 17.6. The van der Waals surface area contributed by atoms with E-state index >= 15 is 0 Å². The first-order valence-electron chi connectivity index (χ1n) is 7.99. The van der Waals surface area contributed by atoms with E-state index in [0.29, 0.717) is 12.2 Å². The summed E-state index contributed by atoms with van der Waals surface area (Å²) in [6, 6.07) is 11.1. The summed E-state index contributed by atoms with van der Waals surface area (Å²) in [5.41, 5.74) is 2.34. The predicted octanol–water partition coefficient (Wildman–Crippen LogP) is 2.42. The van der Waals surface area contributed by atoms with Crippen molar-refractivity contribution in [3.63, 3.8) is 0 Å². The highest BCUT2D eigenvalue weighted by atomic mass is 16.5. The molecular weight excluding hydrogens is 322 g/mol. The first-order chi connectivity index (χ1) is 12.2. The van der Waals surface area contributed by atoms with Crippen LogP contribution in [-0.2, 0) is 11.3 Å². The van der Waals surface area contributed by atoms with Gasteiger partial charge < -0.3 is 14.6 Å². The van der Waals surface area contributed by atoms with Gasteiger partial charge in [-0.2, -0.15) is 0 Å². The molecule has 0 bridgehead atoms. The molecule has 0 saturated carbocycles. The van der Waals surface area contributed by atoms with Crippen molar-refractivity contribution in [1.82, 2.24) is 25.5 Å². The minimum absolute atomic E-state index is 0.0380. The average molecular weight is 341 g/mol. The van der Waals surface area contributed by atoms with E-state index in [1.54, 1.807) is 16.9 Å². The van der Waals surface area contributed by atoms with E-state index in [4.69, 9.17) is 9.26 Å². The van der Waals surface area contributed by atoms with Gasteiger partial charge in [0.1, 0.15) is 18.5 Å². The molecule has 0 radical (unpaired) electrons. The summed E-state index contributed by atoms with van der Waals surface area (Å²) in [6.45, 7) is 4.59. The van der Waals surface area contributed by atoms with Gasteiger partial charge in [0.05, 0.1) is 11.9 Å². The molecule has 0 saturated heterocycles. The zero-order valence-corrected chi connectivity index (χ0v) is 14.0. The van der Waals surface area contributed by atoms with Crippen molar-refractivity contribution in [3.05, 3.63) is 54.0 Å². The minimum Gasteiger partial charge on any atom is -0.352 e. The Hall–Kier alpha value is -3.00. The number of nitrogens with one attached hydrogen (secondary N) is 1. The number of hydrogen-bond donors (Lipinski definition) is 1. The Kier molecular flexibility index (Phi) is 5.20. The molecule has 1 aromatic carbocycles. The standard InChI is InChI=1S/C17H19N5O3/c1-3-22-15(10-19-21-22)12(2)24-11-18-17(23)16-9-14(20-25-16)13-7-5-4-6-8-13/h4-10,12H,3,11H2,1-2H3,(H,18,23)/t12-/m0/s1. The van der Waals surface area contributed by atoms with Gasteiger partial charge in [-0.05, 0) is 13.8 Å². The molecule has 3 rings (SSSR count). The van der Waals surface area contributed by atoms with E-state index in [9.17, 15) is 4.79 Å². The number of benzene rings is 1. The minimum atomic E-state index is -0.385. The Morgan fingerprint density at radius 3 is 2.92 bits per heavy atom. The van der Waals surface area contributed by atoms with E-state index < -0.39 is 0 Å². The van der Waals surface area contributed by atoms with Crippen LogP contribution in [0, 0.1) is 0 Å². The van der Waals surface area contributed by atoms with Crippen LogP contribution in [0.5, 0.6) is 0 Å². The van der Waals surface area contributed by atoms with E-state index in [1.165, 1.54) is 0 Å². The van der Waals surface area contributed by atoms with Gasteiger partial charge in [0, 0.05) is 18.2 Å². The topological polar surface area (TPSA) is 95.1 Å². The second kappa shape index (κ2) is 7.71. The molecule has 1 N–H and O–H groups in total. The molecule has 0 aliphatic rings. The summed E-state index contributed by atoms with van der Waals surface area (Å²) in [7, 11) is 0. The molecule has 0 fully saturated rings. The number of aryl methyl sites for hydroxylation is 1. The smallest absolute Gasteiger partial charge is 0.291 e. The van der Waals surface area contributed by atoms with Crippen molar-refractivity contribution in [3.8, 4) is 11.3 Å². The van der Waals surface area contributed by atoms with Crippen molar-refractivity contribution < 1.29 is 14.1 Å². The van der Waals surface area contributed by atoms with Crippen LogP contribution in [0.25, 0.3) is 11.3 Å². The van der Waals surface area contributed by atoms with Gasteiger partial charge in [-0.25, -0.2) is 4.68 Å². The maximum Gasteiger partial charge on any atom is 0.291 e. The number of aromatic nitrogens is 4. The monoisotopic (exact) mass is 341 g/mol. The van der Waals surface area contributed by atoms with Crippen molar-refractivity contribution >= 4 is 5.91 Å². The van der Waals surface area contributed by atoms with Crippen LogP contribution in [0.4, 0.5) is 0 Å². The van der Waals surface area contributed by atoms with Crippen molar-refractivity contribution in [1.29, 1.82) is 0 Å². The Labute approximate surface area is 144 Å². The second-order valence-electron chi connectivity index (χ2n) is 5.38. The van der Waals surface area contributed by atoms with Crippen LogP contribution in [0.3, 0.4) is 0 Å². The number of carbonyl (C=O) groups excluding carboxylic acids is 1. The number of hydrogen-bond acceptors (Lipinski definition) is 6. The maximum atomic E-state index is 12.1. The van der Waals surface area contributed by atoms with Crippen LogP contribution in [0.15, 0.2) is 47.1 Å². The van der Waals surface area contributed by atoms with E-state index in [2.05, 4.69) is 20.8 Å². The lowest BCUT2D eigenvalue weighted by atomic mass is 10.1. The summed E-state index contributed by atoms with van der Waals surface area (Å²) in [4.78, 5) is 12.1. The molecule has 2 aromatic heterocycles. The zero-order valence-electron chi connectivity index (χ0n) is 14.0. The quantitative estimate of drug-likeness (QED) is 0.663. The van der Waals surface area contributed by atoms with Crippen molar-refractivity contribution in [2.45, 2.75) is 26.5 Å². The van der Waals surface area contributed by atoms with Crippen LogP contribution in [0.1, 0.15) is 36.2 Å². The molecule has 130 valence electrons. The molecule has 25 heavy (non-hydrogen) atoms. The maximum absolute atomic E-state index is 12.1. The van der Waals surface area contributed by atoms with Crippen LogP contribution < -0.4 is 5.32 Å². The van der Waals surface area contributed by atoms with Gasteiger partial charge in [0.2, 0.25) is 5.76 Å². The molecule has 8 nitrogen and oxygen atoms in total. The number of rotatable bonds is 7. The Balaban J connectivity index is 1.54. The van der Waals surface area contributed by atoms with E-state index in [0.717, 1.165) is 11.3 Å².